The van der Waals surface area contributed by atoms with Crippen molar-refractivity contribution >= 4 is 0 Å². The Bertz CT molecular complexity index is 892. The summed E-state index contributed by atoms with van der Waals surface area (Å²) in [5, 5.41) is 22.9. The molecule has 26 heavy (non-hydrogen) atoms. The van der Waals surface area contributed by atoms with Gasteiger partial charge in [0.15, 0.2) is 11.5 Å². The van der Waals surface area contributed by atoms with Crippen LogP contribution in [0.4, 0.5) is 0 Å². The van der Waals surface area contributed by atoms with Crippen molar-refractivity contribution in [1.82, 2.24) is 4.90 Å². The first kappa shape index (κ1) is 14.5. The van der Waals surface area contributed by atoms with Crippen molar-refractivity contribution in [2.75, 3.05) is 13.1 Å². The summed E-state index contributed by atoms with van der Waals surface area (Å²) >= 11 is 0. The molecule has 0 aromatic heterocycles. The molecule has 6 aliphatic rings. The van der Waals surface area contributed by atoms with Crippen molar-refractivity contribution in [3.8, 4) is 11.5 Å². The summed E-state index contributed by atoms with van der Waals surface area (Å²) in [7, 11) is 0. The molecule has 4 heteroatoms. The molecule has 1 saturated heterocycles. The standard InChI is InChI=1S/C22H25NO3/c1-12-6-7-22(25)20-9-15-11-23(10-13-2-3-13)21(15,22)8-14-4-5-16(24)18(17(14)20)26-19(12)20/h4-5,13,15,19,24-25H,1-3,6-11H2/t15-,19-,20?,21?,22-/m0/s1. The maximum absolute atomic E-state index is 12.4. The predicted octanol–water partition coefficient (Wildman–Crippen LogP) is 2.51. The zero-order valence-corrected chi connectivity index (χ0v) is 15.0. The summed E-state index contributed by atoms with van der Waals surface area (Å²) in [5.41, 5.74) is 2.16. The van der Waals surface area contributed by atoms with Gasteiger partial charge in [-0.3, -0.25) is 4.90 Å². The number of ether oxygens (including phenoxy) is 1. The molecule has 2 spiro atoms. The molecule has 136 valence electrons. The normalized spacial score (nSPS) is 47.2. The lowest BCUT2D eigenvalue weighted by Gasteiger charge is -2.66. The third-order valence-corrected chi connectivity index (χ3v) is 8.87. The maximum atomic E-state index is 12.4. The van der Waals surface area contributed by atoms with E-state index in [0.717, 1.165) is 55.8 Å². The molecule has 5 atom stereocenters. The fourth-order valence-electron chi connectivity index (χ4n) is 7.74. The first-order valence-electron chi connectivity index (χ1n) is 10.2. The van der Waals surface area contributed by atoms with Gasteiger partial charge < -0.3 is 14.9 Å². The van der Waals surface area contributed by atoms with Gasteiger partial charge in [-0.25, -0.2) is 0 Å². The topological polar surface area (TPSA) is 52.9 Å². The molecule has 1 aromatic rings. The summed E-state index contributed by atoms with van der Waals surface area (Å²) in [6.45, 7) is 6.56. The van der Waals surface area contributed by atoms with Crippen molar-refractivity contribution in [3.05, 3.63) is 35.4 Å². The van der Waals surface area contributed by atoms with E-state index in [2.05, 4.69) is 17.5 Å². The zero-order chi connectivity index (χ0) is 17.5. The molecular weight excluding hydrogens is 326 g/mol. The van der Waals surface area contributed by atoms with Crippen molar-refractivity contribution < 1.29 is 14.9 Å². The summed E-state index contributed by atoms with van der Waals surface area (Å²) in [4.78, 5) is 2.63. The molecule has 2 bridgehead atoms. The third-order valence-electron chi connectivity index (χ3n) is 8.87. The fraction of sp³-hybridized carbons (Fsp3) is 0.636. The van der Waals surface area contributed by atoms with Crippen LogP contribution in [0.1, 0.15) is 43.2 Å². The van der Waals surface area contributed by atoms with Crippen LogP contribution in [0.25, 0.3) is 0 Å². The van der Waals surface area contributed by atoms with Gasteiger partial charge in [-0.05, 0) is 67.6 Å². The van der Waals surface area contributed by atoms with Crippen molar-refractivity contribution in [2.24, 2.45) is 11.8 Å². The Kier molecular flexibility index (Phi) is 2.23. The highest BCUT2D eigenvalue weighted by atomic mass is 16.5. The Morgan fingerprint density at radius 2 is 2.15 bits per heavy atom. The number of hydrogen-bond donors (Lipinski definition) is 2. The van der Waals surface area contributed by atoms with Crippen LogP contribution >= 0.6 is 0 Å². The van der Waals surface area contributed by atoms with Crippen LogP contribution in [0.5, 0.6) is 11.5 Å². The van der Waals surface area contributed by atoms with E-state index in [-0.39, 0.29) is 17.4 Å². The van der Waals surface area contributed by atoms with E-state index in [1.165, 1.54) is 18.4 Å². The largest absolute Gasteiger partial charge is 0.504 e. The van der Waals surface area contributed by atoms with Crippen molar-refractivity contribution in [3.63, 3.8) is 0 Å². The third kappa shape index (κ3) is 1.21. The van der Waals surface area contributed by atoms with E-state index in [0.29, 0.717) is 11.7 Å². The first-order chi connectivity index (χ1) is 12.5. The Morgan fingerprint density at radius 3 is 2.96 bits per heavy atom. The van der Waals surface area contributed by atoms with Gasteiger partial charge >= 0.3 is 0 Å². The van der Waals surface area contributed by atoms with Gasteiger partial charge in [0.2, 0.25) is 0 Å². The minimum absolute atomic E-state index is 0.135. The summed E-state index contributed by atoms with van der Waals surface area (Å²) < 4.78 is 6.35. The van der Waals surface area contributed by atoms with Crippen LogP contribution in [0, 0.1) is 11.8 Å². The molecule has 4 aliphatic carbocycles. The lowest BCUT2D eigenvalue weighted by atomic mass is 9.50. The highest BCUT2D eigenvalue weighted by Crippen LogP contribution is 2.76. The summed E-state index contributed by atoms with van der Waals surface area (Å²) in [6.07, 6.45) is 5.96. The number of aliphatic hydroxyl groups is 1. The van der Waals surface area contributed by atoms with Crippen LogP contribution in [0.15, 0.2) is 24.3 Å². The molecule has 2 N–H and O–H groups in total. The zero-order valence-electron chi connectivity index (χ0n) is 15.0. The molecule has 0 radical (unpaired) electrons. The van der Waals surface area contributed by atoms with Gasteiger partial charge in [0.05, 0.1) is 16.6 Å². The number of likely N-dealkylation sites (tertiary alicyclic amines) is 1. The molecule has 2 heterocycles. The van der Waals surface area contributed by atoms with Crippen LogP contribution in [0.3, 0.4) is 0 Å². The average Bonchev–Trinajstić information content (AvgIpc) is 3.34. The van der Waals surface area contributed by atoms with Crippen LogP contribution in [0.2, 0.25) is 0 Å². The second kappa shape index (κ2) is 4.00. The molecule has 2 unspecified atom stereocenters. The molecule has 1 aromatic carbocycles. The molecular formula is C22H25NO3. The van der Waals surface area contributed by atoms with Gasteiger partial charge in [0.1, 0.15) is 6.10 Å². The van der Waals surface area contributed by atoms with E-state index in [1.807, 2.05) is 0 Å². The van der Waals surface area contributed by atoms with Gasteiger partial charge in [-0.15, -0.1) is 0 Å². The number of rotatable bonds is 2. The number of benzene rings is 1. The molecule has 0 amide bonds. The van der Waals surface area contributed by atoms with Crippen molar-refractivity contribution in [2.45, 2.75) is 61.2 Å². The lowest BCUT2D eigenvalue weighted by molar-refractivity contribution is -0.205. The summed E-state index contributed by atoms with van der Waals surface area (Å²) in [5.74, 6) is 2.19. The van der Waals surface area contributed by atoms with Gasteiger partial charge in [0, 0.05) is 18.7 Å². The molecule has 3 saturated carbocycles. The first-order valence-corrected chi connectivity index (χ1v) is 10.2. The van der Waals surface area contributed by atoms with Crippen LogP contribution in [-0.2, 0) is 11.8 Å². The fourth-order valence-corrected chi connectivity index (χ4v) is 7.74. The minimum Gasteiger partial charge on any atom is -0.504 e. The number of aromatic hydroxyl groups is 1. The summed E-state index contributed by atoms with van der Waals surface area (Å²) in [6, 6.07) is 3.86. The Balaban J connectivity index is 1.51. The average molecular weight is 351 g/mol. The smallest absolute Gasteiger partial charge is 0.166 e. The van der Waals surface area contributed by atoms with Gasteiger partial charge in [0.25, 0.3) is 0 Å². The lowest BCUT2D eigenvalue weighted by Crippen LogP contribution is -2.80. The Labute approximate surface area is 153 Å². The second-order valence-corrected chi connectivity index (χ2v) is 9.79. The SMILES string of the molecule is C=C1CC[C@]2(O)C34C[C@H]5CN(CC6CC6)C52Cc2ccc(O)c(c23)O[C@@H]14. The molecule has 7 rings (SSSR count). The predicted molar refractivity (Wildman–Crippen MR) is 96.4 cm³/mol. The minimum atomic E-state index is -0.768. The second-order valence-electron chi connectivity index (χ2n) is 9.79. The number of phenols is 1. The highest BCUT2D eigenvalue weighted by molar-refractivity contribution is 5.66. The molecule has 4 nitrogen and oxygen atoms in total. The number of phenolic OH excluding ortho intramolecular Hbond substituents is 1. The maximum Gasteiger partial charge on any atom is 0.166 e. The van der Waals surface area contributed by atoms with Gasteiger partial charge in [-0.2, -0.15) is 0 Å². The van der Waals surface area contributed by atoms with Gasteiger partial charge in [-0.1, -0.05) is 12.6 Å². The van der Waals surface area contributed by atoms with E-state index >= 15 is 0 Å². The highest BCUT2D eigenvalue weighted by Gasteiger charge is 2.84. The van der Waals surface area contributed by atoms with E-state index in [1.54, 1.807) is 6.07 Å². The van der Waals surface area contributed by atoms with Crippen LogP contribution < -0.4 is 4.74 Å². The number of hydrogen-bond acceptors (Lipinski definition) is 4. The number of nitrogens with zero attached hydrogens (tertiary/aromatic N) is 1. The Morgan fingerprint density at radius 1 is 1.31 bits per heavy atom. The monoisotopic (exact) mass is 351 g/mol. The Hall–Kier alpha value is -1.52. The van der Waals surface area contributed by atoms with Crippen molar-refractivity contribution in [1.29, 1.82) is 0 Å². The van der Waals surface area contributed by atoms with E-state index in [9.17, 15) is 10.2 Å². The molecule has 2 aliphatic heterocycles. The van der Waals surface area contributed by atoms with Crippen LogP contribution in [-0.4, -0.2) is 45.4 Å². The van der Waals surface area contributed by atoms with E-state index < -0.39 is 11.0 Å². The quantitative estimate of drug-likeness (QED) is 0.804. The van der Waals surface area contributed by atoms with E-state index in [4.69, 9.17) is 4.74 Å². The molecule has 4 fully saturated rings.